The predicted octanol–water partition coefficient (Wildman–Crippen LogP) is 5.36. The molecule has 0 heterocycles. The lowest BCUT2D eigenvalue weighted by atomic mass is 9.83. The van der Waals surface area contributed by atoms with Crippen molar-refractivity contribution < 1.29 is 4.74 Å². The van der Waals surface area contributed by atoms with Crippen LogP contribution in [0.15, 0.2) is 12.1 Å². The highest BCUT2D eigenvalue weighted by Crippen LogP contribution is 2.38. The summed E-state index contributed by atoms with van der Waals surface area (Å²) in [4.78, 5) is 0. The minimum Gasteiger partial charge on any atom is -0.495 e. The van der Waals surface area contributed by atoms with E-state index in [-0.39, 0.29) is 6.04 Å². The molecule has 1 aromatic carbocycles. The van der Waals surface area contributed by atoms with Crippen LogP contribution in [-0.2, 0) is 0 Å². The van der Waals surface area contributed by atoms with Gasteiger partial charge in [-0.3, -0.25) is 0 Å². The first kappa shape index (κ1) is 15.9. The van der Waals surface area contributed by atoms with Gasteiger partial charge in [0.25, 0.3) is 0 Å². The molecule has 112 valence electrons. The Morgan fingerprint density at radius 1 is 1.05 bits per heavy atom. The molecule has 1 atom stereocenters. The number of nitrogens with two attached hydrogens (primary N) is 1. The number of hydrogen-bond donors (Lipinski definition) is 1. The lowest BCUT2D eigenvalue weighted by molar-refractivity contribution is 0.327. The summed E-state index contributed by atoms with van der Waals surface area (Å²) in [5.41, 5.74) is 7.41. The van der Waals surface area contributed by atoms with Gasteiger partial charge in [0.1, 0.15) is 5.75 Å². The lowest BCUT2D eigenvalue weighted by Gasteiger charge is -2.27. The summed E-state index contributed by atoms with van der Waals surface area (Å²) in [6, 6.07) is 3.60. The summed E-state index contributed by atoms with van der Waals surface area (Å²) in [6.07, 6.45) is 8.89. The summed E-state index contributed by atoms with van der Waals surface area (Å²) in [5, 5.41) is 1.23. The number of benzene rings is 1. The van der Waals surface area contributed by atoms with Crippen molar-refractivity contribution in [2.45, 2.75) is 51.0 Å². The maximum atomic E-state index is 6.47. The Labute approximate surface area is 131 Å². The second-order valence-corrected chi connectivity index (χ2v) is 6.45. The zero-order valence-corrected chi connectivity index (χ0v) is 13.5. The lowest BCUT2D eigenvalue weighted by Crippen LogP contribution is -2.22. The molecule has 20 heavy (non-hydrogen) atoms. The van der Waals surface area contributed by atoms with E-state index in [9.17, 15) is 0 Å². The van der Waals surface area contributed by atoms with Crippen molar-refractivity contribution in [1.29, 1.82) is 0 Å². The molecule has 1 aliphatic carbocycles. The Balaban J connectivity index is 2.18. The van der Waals surface area contributed by atoms with Crippen LogP contribution in [0, 0.1) is 5.92 Å². The summed E-state index contributed by atoms with van der Waals surface area (Å²) >= 11 is 12.6. The number of hydrogen-bond acceptors (Lipinski definition) is 2. The molecular formula is C16H23Cl2NO. The first-order chi connectivity index (χ1) is 9.63. The maximum Gasteiger partial charge on any atom is 0.138 e. The fraction of sp³-hybridized carbons (Fsp3) is 0.625. The molecule has 0 amide bonds. The number of rotatable bonds is 3. The van der Waals surface area contributed by atoms with Crippen molar-refractivity contribution in [3.63, 3.8) is 0 Å². The van der Waals surface area contributed by atoms with Crippen molar-refractivity contribution in [3.8, 4) is 5.75 Å². The monoisotopic (exact) mass is 315 g/mol. The van der Waals surface area contributed by atoms with Crippen LogP contribution in [0.3, 0.4) is 0 Å². The van der Waals surface area contributed by atoms with E-state index in [0.29, 0.717) is 21.7 Å². The third-order valence-corrected chi connectivity index (χ3v) is 4.91. The second-order valence-electron chi connectivity index (χ2n) is 5.64. The minimum absolute atomic E-state index is 0.0380. The van der Waals surface area contributed by atoms with Crippen LogP contribution >= 0.6 is 23.2 Å². The van der Waals surface area contributed by atoms with Gasteiger partial charge in [-0.25, -0.2) is 0 Å². The molecule has 0 aromatic heterocycles. The molecular weight excluding hydrogens is 293 g/mol. The van der Waals surface area contributed by atoms with Crippen LogP contribution in [0.1, 0.15) is 56.6 Å². The van der Waals surface area contributed by atoms with Crippen molar-refractivity contribution in [1.82, 2.24) is 0 Å². The molecule has 2 N–H and O–H groups in total. The molecule has 2 nitrogen and oxygen atoms in total. The topological polar surface area (TPSA) is 35.2 Å². The molecule has 0 saturated heterocycles. The van der Waals surface area contributed by atoms with Crippen molar-refractivity contribution >= 4 is 23.2 Å². The normalized spacial score (nSPS) is 19.2. The molecule has 1 unspecified atom stereocenters. The molecule has 4 heteroatoms. The highest BCUT2D eigenvalue weighted by molar-refractivity contribution is 6.34. The summed E-state index contributed by atoms with van der Waals surface area (Å²) < 4.78 is 5.19. The van der Waals surface area contributed by atoms with Gasteiger partial charge >= 0.3 is 0 Å². The van der Waals surface area contributed by atoms with Gasteiger partial charge in [0.05, 0.1) is 12.1 Å². The second kappa shape index (κ2) is 7.53. The fourth-order valence-electron chi connectivity index (χ4n) is 3.06. The van der Waals surface area contributed by atoms with E-state index in [4.69, 9.17) is 33.7 Å². The van der Waals surface area contributed by atoms with E-state index in [0.717, 1.165) is 5.56 Å². The van der Waals surface area contributed by atoms with Gasteiger partial charge in [-0.2, -0.15) is 0 Å². The van der Waals surface area contributed by atoms with Crippen LogP contribution in [0.5, 0.6) is 5.75 Å². The molecule has 0 bridgehead atoms. The van der Waals surface area contributed by atoms with Gasteiger partial charge in [0.2, 0.25) is 0 Å². The van der Waals surface area contributed by atoms with Gasteiger partial charge in [-0.1, -0.05) is 55.3 Å². The van der Waals surface area contributed by atoms with Crippen molar-refractivity contribution in [3.05, 3.63) is 27.7 Å². The summed E-state index contributed by atoms with van der Waals surface area (Å²) in [7, 11) is 1.59. The molecule has 1 aliphatic rings. The molecule has 0 radical (unpaired) electrons. The third-order valence-electron chi connectivity index (χ3n) is 4.29. The predicted molar refractivity (Wildman–Crippen MR) is 85.8 cm³/mol. The van der Waals surface area contributed by atoms with Crippen LogP contribution in [0.4, 0.5) is 0 Å². The highest BCUT2D eigenvalue weighted by atomic mass is 35.5. The third kappa shape index (κ3) is 3.81. The van der Waals surface area contributed by atoms with Gasteiger partial charge in [0, 0.05) is 17.1 Å². The summed E-state index contributed by atoms with van der Waals surface area (Å²) in [6.45, 7) is 0. The van der Waals surface area contributed by atoms with Gasteiger partial charge < -0.3 is 10.5 Å². The molecule has 1 aromatic rings. The van der Waals surface area contributed by atoms with Crippen LogP contribution in [0.2, 0.25) is 10.0 Å². The average Bonchev–Trinajstić information content (AvgIpc) is 2.40. The van der Waals surface area contributed by atoms with Crippen LogP contribution < -0.4 is 10.5 Å². The Bertz CT molecular complexity index is 442. The van der Waals surface area contributed by atoms with Crippen LogP contribution in [-0.4, -0.2) is 7.11 Å². The van der Waals surface area contributed by atoms with Crippen molar-refractivity contribution in [2.24, 2.45) is 11.7 Å². The smallest absolute Gasteiger partial charge is 0.138 e. The maximum absolute atomic E-state index is 6.47. The zero-order chi connectivity index (χ0) is 14.5. The standard InChI is InChI=1S/C16H23Cl2NO/c1-20-15-10-13(17)12(9-14(15)18)16(19)11-7-5-3-2-4-6-8-11/h9-11,16H,2-8,19H2,1H3. The van der Waals surface area contributed by atoms with Gasteiger partial charge in [-0.05, 0) is 30.4 Å². The molecule has 0 spiro atoms. The van der Waals surface area contributed by atoms with Crippen LogP contribution in [0.25, 0.3) is 0 Å². The first-order valence-electron chi connectivity index (χ1n) is 7.42. The number of halogens is 2. The highest BCUT2D eigenvalue weighted by Gasteiger charge is 2.23. The van der Waals surface area contributed by atoms with Gasteiger partial charge in [0.15, 0.2) is 0 Å². The largest absolute Gasteiger partial charge is 0.495 e. The van der Waals surface area contributed by atoms with E-state index in [1.54, 1.807) is 13.2 Å². The van der Waals surface area contributed by atoms with E-state index < -0.39 is 0 Å². The molecule has 2 rings (SSSR count). The molecule has 0 aliphatic heterocycles. The Hall–Kier alpha value is -0.440. The van der Waals surface area contributed by atoms with E-state index in [1.807, 2.05) is 6.07 Å². The first-order valence-corrected chi connectivity index (χ1v) is 8.17. The number of methoxy groups -OCH3 is 1. The Kier molecular flexibility index (Phi) is 6.01. The average molecular weight is 316 g/mol. The SMILES string of the molecule is COc1cc(Cl)c(C(N)C2CCCCCCC2)cc1Cl. The van der Waals surface area contributed by atoms with Gasteiger partial charge in [-0.15, -0.1) is 0 Å². The minimum atomic E-state index is -0.0380. The molecule has 1 saturated carbocycles. The summed E-state index contributed by atoms with van der Waals surface area (Å²) in [5.74, 6) is 1.10. The Morgan fingerprint density at radius 3 is 2.25 bits per heavy atom. The molecule has 1 fully saturated rings. The quantitative estimate of drug-likeness (QED) is 0.814. The van der Waals surface area contributed by atoms with Crippen molar-refractivity contribution in [2.75, 3.05) is 7.11 Å². The fourth-order valence-corrected chi connectivity index (χ4v) is 3.59. The zero-order valence-electron chi connectivity index (χ0n) is 12.0. The number of ether oxygens (including phenoxy) is 1. The Morgan fingerprint density at radius 2 is 1.65 bits per heavy atom. The van der Waals surface area contributed by atoms with E-state index in [1.165, 1.54) is 44.9 Å². The van der Waals surface area contributed by atoms with E-state index >= 15 is 0 Å². The van der Waals surface area contributed by atoms with E-state index in [2.05, 4.69) is 0 Å².